The third kappa shape index (κ3) is 2.51. The Balaban J connectivity index is 1.94. The Morgan fingerprint density at radius 3 is 2.88 bits per heavy atom. The highest BCUT2D eigenvalue weighted by Crippen LogP contribution is 2.28. The molecule has 1 fully saturated rings. The molecule has 0 saturated heterocycles. The third-order valence-corrected chi connectivity index (χ3v) is 3.15. The molecule has 0 aromatic carbocycles. The maximum absolute atomic E-state index is 9.22. The third-order valence-electron chi connectivity index (χ3n) is 3.15. The summed E-state index contributed by atoms with van der Waals surface area (Å²) in [5.41, 5.74) is 1.76. The van der Waals surface area contributed by atoms with Crippen LogP contribution in [0.3, 0.4) is 0 Å². The Morgan fingerprint density at radius 2 is 2.25 bits per heavy atom. The molecule has 0 amide bonds. The molecule has 0 bridgehead atoms. The average Bonchev–Trinajstić information content (AvgIpc) is 2.27. The van der Waals surface area contributed by atoms with Crippen molar-refractivity contribution in [2.45, 2.75) is 25.6 Å². The standard InChI is InChI=1S/C12H18N2O2/c1-14(7-9-4-12(16)5-9)11-2-3-13-10(6-11)8-15/h2-3,6,9,12,15-16H,4-5,7-8H2,1H3. The van der Waals surface area contributed by atoms with Crippen molar-refractivity contribution in [3.8, 4) is 0 Å². The van der Waals surface area contributed by atoms with Crippen LogP contribution < -0.4 is 4.90 Å². The van der Waals surface area contributed by atoms with Crippen LogP contribution in [0.15, 0.2) is 18.3 Å². The largest absolute Gasteiger partial charge is 0.393 e. The second-order valence-corrected chi connectivity index (χ2v) is 4.54. The molecule has 16 heavy (non-hydrogen) atoms. The van der Waals surface area contributed by atoms with Crippen LogP contribution in [-0.2, 0) is 6.61 Å². The molecule has 0 radical (unpaired) electrons. The quantitative estimate of drug-likeness (QED) is 0.790. The number of anilines is 1. The van der Waals surface area contributed by atoms with Gasteiger partial charge in [0.1, 0.15) is 0 Å². The smallest absolute Gasteiger partial charge is 0.0853 e. The Bertz CT molecular complexity index is 351. The lowest BCUT2D eigenvalue weighted by atomic mass is 9.82. The molecule has 88 valence electrons. The fourth-order valence-electron chi connectivity index (χ4n) is 2.13. The van der Waals surface area contributed by atoms with Gasteiger partial charge in [0.25, 0.3) is 0 Å². The van der Waals surface area contributed by atoms with Gasteiger partial charge in [0, 0.05) is 25.5 Å². The van der Waals surface area contributed by atoms with Crippen molar-refractivity contribution in [2.24, 2.45) is 5.92 Å². The van der Waals surface area contributed by atoms with Gasteiger partial charge in [-0.2, -0.15) is 0 Å². The molecule has 0 atom stereocenters. The van der Waals surface area contributed by atoms with E-state index in [1.165, 1.54) is 0 Å². The number of hydrogen-bond donors (Lipinski definition) is 2. The molecule has 1 saturated carbocycles. The van der Waals surface area contributed by atoms with Crippen molar-refractivity contribution in [1.29, 1.82) is 0 Å². The van der Waals surface area contributed by atoms with E-state index in [2.05, 4.69) is 9.88 Å². The van der Waals surface area contributed by atoms with E-state index >= 15 is 0 Å². The molecule has 1 heterocycles. The number of aliphatic hydroxyl groups is 2. The Labute approximate surface area is 95.5 Å². The molecule has 0 spiro atoms. The predicted octanol–water partition coefficient (Wildman–Crippen LogP) is 0.781. The predicted molar refractivity (Wildman–Crippen MR) is 62.2 cm³/mol. The van der Waals surface area contributed by atoms with Gasteiger partial charge in [-0.05, 0) is 30.9 Å². The van der Waals surface area contributed by atoms with Crippen molar-refractivity contribution >= 4 is 5.69 Å². The molecular weight excluding hydrogens is 204 g/mol. The number of aromatic nitrogens is 1. The summed E-state index contributed by atoms with van der Waals surface area (Å²) in [6, 6.07) is 3.84. The van der Waals surface area contributed by atoms with E-state index in [0.29, 0.717) is 11.6 Å². The monoisotopic (exact) mass is 222 g/mol. The van der Waals surface area contributed by atoms with E-state index in [9.17, 15) is 5.11 Å². The van der Waals surface area contributed by atoms with E-state index < -0.39 is 0 Å². The first-order valence-corrected chi connectivity index (χ1v) is 5.64. The highest BCUT2D eigenvalue weighted by atomic mass is 16.3. The van der Waals surface area contributed by atoms with Gasteiger partial charge in [0.2, 0.25) is 0 Å². The molecule has 4 nitrogen and oxygen atoms in total. The number of hydrogen-bond acceptors (Lipinski definition) is 4. The van der Waals surface area contributed by atoms with Crippen LogP contribution in [0.2, 0.25) is 0 Å². The zero-order valence-corrected chi connectivity index (χ0v) is 9.50. The van der Waals surface area contributed by atoms with Crippen molar-refractivity contribution in [1.82, 2.24) is 4.98 Å². The van der Waals surface area contributed by atoms with Gasteiger partial charge < -0.3 is 15.1 Å². The molecule has 1 aromatic rings. The second kappa shape index (κ2) is 4.80. The summed E-state index contributed by atoms with van der Waals surface area (Å²) in [6.45, 7) is 0.926. The van der Waals surface area contributed by atoms with Crippen molar-refractivity contribution < 1.29 is 10.2 Å². The number of nitrogens with zero attached hydrogens (tertiary/aromatic N) is 2. The first kappa shape index (κ1) is 11.4. The minimum Gasteiger partial charge on any atom is -0.393 e. The summed E-state index contributed by atoms with van der Waals surface area (Å²) >= 11 is 0. The summed E-state index contributed by atoms with van der Waals surface area (Å²) in [4.78, 5) is 6.20. The fourth-order valence-corrected chi connectivity index (χ4v) is 2.13. The van der Waals surface area contributed by atoms with Gasteiger partial charge >= 0.3 is 0 Å². The summed E-state index contributed by atoms with van der Waals surface area (Å²) in [5.74, 6) is 0.589. The van der Waals surface area contributed by atoms with Crippen LogP contribution in [0.5, 0.6) is 0 Å². The fraction of sp³-hybridized carbons (Fsp3) is 0.583. The first-order chi connectivity index (χ1) is 7.69. The number of rotatable bonds is 4. The van der Waals surface area contributed by atoms with E-state index in [4.69, 9.17) is 5.11 Å². The molecule has 1 aliphatic rings. The Morgan fingerprint density at radius 1 is 1.50 bits per heavy atom. The van der Waals surface area contributed by atoms with Gasteiger partial charge in [-0.25, -0.2) is 0 Å². The number of pyridine rings is 1. The highest BCUT2D eigenvalue weighted by molar-refractivity contribution is 5.45. The van der Waals surface area contributed by atoms with Gasteiger partial charge in [0.05, 0.1) is 18.4 Å². The normalized spacial score (nSPS) is 23.9. The van der Waals surface area contributed by atoms with Crippen LogP contribution in [0.4, 0.5) is 5.69 Å². The Kier molecular flexibility index (Phi) is 3.41. The molecule has 4 heteroatoms. The zero-order valence-electron chi connectivity index (χ0n) is 9.50. The van der Waals surface area contributed by atoms with Gasteiger partial charge in [-0.1, -0.05) is 0 Å². The Hall–Kier alpha value is -1.13. The SMILES string of the molecule is CN(CC1CC(O)C1)c1ccnc(CO)c1. The van der Waals surface area contributed by atoms with Gasteiger partial charge in [-0.3, -0.25) is 4.98 Å². The van der Waals surface area contributed by atoms with E-state index in [0.717, 1.165) is 25.1 Å². The topological polar surface area (TPSA) is 56.6 Å². The van der Waals surface area contributed by atoms with Crippen LogP contribution >= 0.6 is 0 Å². The molecule has 1 aliphatic carbocycles. The zero-order chi connectivity index (χ0) is 11.5. The minimum atomic E-state index is -0.0937. The summed E-state index contributed by atoms with van der Waals surface area (Å²) in [7, 11) is 2.03. The van der Waals surface area contributed by atoms with E-state index in [1.54, 1.807) is 6.20 Å². The van der Waals surface area contributed by atoms with Crippen LogP contribution in [0.1, 0.15) is 18.5 Å². The average molecular weight is 222 g/mol. The lowest BCUT2D eigenvalue weighted by molar-refractivity contribution is 0.0465. The maximum atomic E-state index is 9.22. The molecule has 1 aromatic heterocycles. The maximum Gasteiger partial charge on any atom is 0.0853 e. The van der Waals surface area contributed by atoms with Crippen molar-refractivity contribution in [2.75, 3.05) is 18.5 Å². The van der Waals surface area contributed by atoms with Gasteiger partial charge in [-0.15, -0.1) is 0 Å². The van der Waals surface area contributed by atoms with E-state index in [1.807, 2.05) is 19.2 Å². The molecule has 0 aliphatic heterocycles. The van der Waals surface area contributed by atoms with E-state index in [-0.39, 0.29) is 12.7 Å². The molecule has 0 unspecified atom stereocenters. The minimum absolute atomic E-state index is 0.0240. The molecular formula is C12H18N2O2. The second-order valence-electron chi connectivity index (χ2n) is 4.54. The first-order valence-electron chi connectivity index (χ1n) is 5.64. The molecule has 2 N–H and O–H groups in total. The van der Waals surface area contributed by atoms with Crippen molar-refractivity contribution in [3.63, 3.8) is 0 Å². The van der Waals surface area contributed by atoms with Crippen LogP contribution in [0, 0.1) is 5.92 Å². The highest BCUT2D eigenvalue weighted by Gasteiger charge is 2.27. The number of aliphatic hydroxyl groups excluding tert-OH is 2. The summed E-state index contributed by atoms with van der Waals surface area (Å²) < 4.78 is 0. The van der Waals surface area contributed by atoms with Gasteiger partial charge in [0.15, 0.2) is 0 Å². The summed E-state index contributed by atoms with van der Waals surface area (Å²) in [5, 5.41) is 18.2. The molecule has 2 rings (SSSR count). The summed E-state index contributed by atoms with van der Waals surface area (Å²) in [6.07, 6.45) is 3.43. The van der Waals surface area contributed by atoms with Crippen molar-refractivity contribution in [3.05, 3.63) is 24.0 Å². The lowest BCUT2D eigenvalue weighted by Gasteiger charge is -2.35. The van der Waals surface area contributed by atoms with Crippen LogP contribution in [0.25, 0.3) is 0 Å². The van der Waals surface area contributed by atoms with Crippen LogP contribution in [-0.4, -0.2) is 34.9 Å². The lowest BCUT2D eigenvalue weighted by Crippen LogP contribution is -2.37.